The van der Waals surface area contributed by atoms with E-state index in [1.807, 2.05) is 19.1 Å². The van der Waals surface area contributed by atoms with Gasteiger partial charge in [0.1, 0.15) is 15.6 Å². The molecular weight excluding hydrogens is 274 g/mol. The summed E-state index contributed by atoms with van der Waals surface area (Å²) in [4.78, 5) is 0. The van der Waals surface area contributed by atoms with Gasteiger partial charge in [-0.25, -0.2) is 8.42 Å². The van der Waals surface area contributed by atoms with E-state index >= 15 is 0 Å². The highest BCUT2D eigenvalue weighted by Crippen LogP contribution is 2.25. The van der Waals surface area contributed by atoms with Gasteiger partial charge in [-0.05, 0) is 43.5 Å². The lowest BCUT2D eigenvalue weighted by molar-refractivity contribution is 0.411. The fraction of sp³-hybridized carbons (Fsp3) is 0.600. The molecule has 0 bridgehead atoms. The zero-order chi connectivity index (χ0) is 15.2. The number of rotatable bonds is 8. The lowest BCUT2D eigenvalue weighted by atomic mass is 10.00. The summed E-state index contributed by atoms with van der Waals surface area (Å²) in [5.41, 5.74) is 2.27. The molecule has 4 nitrogen and oxygen atoms in total. The van der Waals surface area contributed by atoms with Crippen molar-refractivity contribution < 1.29 is 13.2 Å². The summed E-state index contributed by atoms with van der Waals surface area (Å²) in [7, 11) is -1.22. The van der Waals surface area contributed by atoms with Crippen LogP contribution in [0.15, 0.2) is 18.2 Å². The number of methoxy groups -OCH3 is 1. The van der Waals surface area contributed by atoms with Crippen LogP contribution < -0.4 is 10.1 Å². The zero-order valence-corrected chi connectivity index (χ0v) is 13.6. The average molecular weight is 299 g/mol. The minimum Gasteiger partial charge on any atom is -0.496 e. The van der Waals surface area contributed by atoms with Gasteiger partial charge < -0.3 is 10.1 Å². The van der Waals surface area contributed by atoms with Gasteiger partial charge in [-0.2, -0.15) is 0 Å². The van der Waals surface area contributed by atoms with Crippen molar-refractivity contribution in [1.29, 1.82) is 0 Å². The second-order valence-corrected chi connectivity index (χ2v) is 7.37. The molecule has 0 saturated carbocycles. The average Bonchev–Trinajstić information content (AvgIpc) is 2.36. The van der Waals surface area contributed by atoms with Gasteiger partial charge in [0, 0.05) is 18.1 Å². The van der Waals surface area contributed by atoms with Gasteiger partial charge in [0.15, 0.2) is 0 Å². The SMILES string of the molecule is CCNC(CCCS(C)(=O)=O)c1ccc(OC)c(C)c1. The molecule has 1 aromatic rings. The van der Waals surface area contributed by atoms with Crippen LogP contribution in [0.2, 0.25) is 0 Å². The summed E-state index contributed by atoms with van der Waals surface area (Å²) in [5.74, 6) is 1.12. The molecule has 1 aromatic carbocycles. The highest BCUT2D eigenvalue weighted by Gasteiger charge is 2.13. The van der Waals surface area contributed by atoms with Crippen LogP contribution in [0.5, 0.6) is 5.75 Å². The van der Waals surface area contributed by atoms with Gasteiger partial charge in [0.25, 0.3) is 0 Å². The first-order valence-electron chi connectivity index (χ1n) is 6.93. The third-order valence-corrected chi connectivity index (χ3v) is 4.31. The lowest BCUT2D eigenvalue weighted by Gasteiger charge is -2.19. The van der Waals surface area contributed by atoms with Crippen LogP contribution in [-0.4, -0.2) is 34.1 Å². The molecule has 1 unspecified atom stereocenters. The van der Waals surface area contributed by atoms with Crippen LogP contribution in [0.3, 0.4) is 0 Å². The molecule has 0 radical (unpaired) electrons. The molecule has 20 heavy (non-hydrogen) atoms. The standard InChI is InChI=1S/C15H25NO3S/c1-5-16-14(7-6-10-20(4,17)18)13-8-9-15(19-3)12(2)11-13/h8-9,11,14,16H,5-7,10H2,1-4H3. The summed E-state index contributed by atoms with van der Waals surface area (Å²) >= 11 is 0. The van der Waals surface area contributed by atoms with E-state index in [9.17, 15) is 8.42 Å². The van der Waals surface area contributed by atoms with Gasteiger partial charge in [-0.15, -0.1) is 0 Å². The molecule has 1 N–H and O–H groups in total. The fourth-order valence-corrected chi connectivity index (χ4v) is 2.99. The predicted octanol–water partition coefficient (Wildman–Crippen LogP) is 2.48. The van der Waals surface area contributed by atoms with Crippen molar-refractivity contribution in [2.24, 2.45) is 0 Å². The number of nitrogens with one attached hydrogen (secondary N) is 1. The largest absolute Gasteiger partial charge is 0.496 e. The topological polar surface area (TPSA) is 55.4 Å². The maximum atomic E-state index is 11.2. The number of hydrogen-bond donors (Lipinski definition) is 1. The second kappa shape index (κ2) is 7.64. The van der Waals surface area contributed by atoms with Crippen LogP contribution >= 0.6 is 0 Å². The predicted molar refractivity (Wildman–Crippen MR) is 83.1 cm³/mol. The Morgan fingerprint density at radius 1 is 1.35 bits per heavy atom. The van der Waals surface area contributed by atoms with Crippen molar-refractivity contribution in [3.8, 4) is 5.75 Å². The van der Waals surface area contributed by atoms with Crippen molar-refractivity contribution in [3.63, 3.8) is 0 Å². The Labute approximate surface area is 122 Å². The number of hydrogen-bond acceptors (Lipinski definition) is 4. The van der Waals surface area contributed by atoms with E-state index in [4.69, 9.17) is 4.74 Å². The van der Waals surface area contributed by atoms with E-state index < -0.39 is 9.84 Å². The third kappa shape index (κ3) is 5.51. The van der Waals surface area contributed by atoms with E-state index in [2.05, 4.69) is 18.3 Å². The van der Waals surface area contributed by atoms with Crippen molar-refractivity contribution >= 4 is 9.84 Å². The van der Waals surface area contributed by atoms with E-state index in [1.165, 1.54) is 11.8 Å². The summed E-state index contributed by atoms with van der Waals surface area (Å²) in [5, 5.41) is 3.41. The van der Waals surface area contributed by atoms with Crippen molar-refractivity contribution in [1.82, 2.24) is 5.32 Å². The summed E-state index contributed by atoms with van der Waals surface area (Å²) in [6, 6.07) is 6.30. The molecule has 1 atom stereocenters. The Kier molecular flexibility index (Phi) is 6.49. The smallest absolute Gasteiger partial charge is 0.147 e. The maximum absolute atomic E-state index is 11.2. The first kappa shape index (κ1) is 17.0. The van der Waals surface area contributed by atoms with Gasteiger partial charge >= 0.3 is 0 Å². The van der Waals surface area contributed by atoms with Gasteiger partial charge in [-0.1, -0.05) is 19.1 Å². The maximum Gasteiger partial charge on any atom is 0.147 e. The van der Waals surface area contributed by atoms with Gasteiger partial charge in [-0.3, -0.25) is 0 Å². The van der Waals surface area contributed by atoms with Crippen molar-refractivity contribution in [2.45, 2.75) is 32.7 Å². The number of sulfone groups is 1. The summed E-state index contributed by atoms with van der Waals surface area (Å²) in [6.45, 7) is 4.93. The van der Waals surface area contributed by atoms with Gasteiger partial charge in [0.05, 0.1) is 7.11 Å². The number of benzene rings is 1. The minimum atomic E-state index is -2.88. The lowest BCUT2D eigenvalue weighted by Crippen LogP contribution is -2.21. The Morgan fingerprint density at radius 2 is 2.05 bits per heavy atom. The molecular formula is C15H25NO3S. The Balaban J connectivity index is 2.77. The van der Waals surface area contributed by atoms with Gasteiger partial charge in [0.2, 0.25) is 0 Å². The second-order valence-electron chi connectivity index (χ2n) is 5.11. The molecule has 0 aromatic heterocycles. The van der Waals surface area contributed by atoms with Crippen LogP contribution in [-0.2, 0) is 9.84 Å². The van der Waals surface area contributed by atoms with E-state index in [1.54, 1.807) is 7.11 Å². The van der Waals surface area contributed by atoms with Crippen LogP contribution in [0.4, 0.5) is 0 Å². The number of aryl methyl sites for hydroxylation is 1. The fourth-order valence-electron chi connectivity index (χ4n) is 2.30. The van der Waals surface area contributed by atoms with E-state index in [-0.39, 0.29) is 11.8 Å². The molecule has 114 valence electrons. The quantitative estimate of drug-likeness (QED) is 0.801. The third-order valence-electron chi connectivity index (χ3n) is 3.28. The molecule has 0 aliphatic heterocycles. The first-order valence-corrected chi connectivity index (χ1v) is 8.99. The molecule has 5 heteroatoms. The first-order chi connectivity index (χ1) is 9.37. The van der Waals surface area contributed by atoms with Crippen molar-refractivity contribution in [3.05, 3.63) is 29.3 Å². The van der Waals surface area contributed by atoms with Crippen LogP contribution in [0.1, 0.15) is 36.9 Å². The molecule has 0 aliphatic carbocycles. The Hall–Kier alpha value is -1.07. The molecule has 0 saturated heterocycles. The molecule has 0 fully saturated rings. The molecule has 0 heterocycles. The molecule has 0 amide bonds. The monoisotopic (exact) mass is 299 g/mol. The molecule has 0 aliphatic rings. The van der Waals surface area contributed by atoms with E-state index in [0.717, 1.165) is 24.3 Å². The van der Waals surface area contributed by atoms with Crippen LogP contribution in [0.25, 0.3) is 0 Å². The highest BCUT2D eigenvalue weighted by atomic mass is 32.2. The Bertz CT molecular complexity index is 526. The summed E-state index contributed by atoms with van der Waals surface area (Å²) < 4.78 is 27.7. The normalized spacial score (nSPS) is 13.2. The van der Waals surface area contributed by atoms with Crippen LogP contribution in [0, 0.1) is 6.92 Å². The molecule has 0 spiro atoms. The Morgan fingerprint density at radius 3 is 2.55 bits per heavy atom. The zero-order valence-electron chi connectivity index (χ0n) is 12.8. The van der Waals surface area contributed by atoms with Crippen molar-refractivity contribution in [2.75, 3.05) is 25.7 Å². The minimum absolute atomic E-state index is 0.186. The van der Waals surface area contributed by atoms with E-state index in [0.29, 0.717) is 6.42 Å². The molecule has 1 rings (SSSR count). The highest BCUT2D eigenvalue weighted by molar-refractivity contribution is 7.90. The summed E-state index contributed by atoms with van der Waals surface area (Å²) in [6.07, 6.45) is 2.76. The number of ether oxygens (including phenoxy) is 1.